The zero-order valence-electron chi connectivity index (χ0n) is 11.1. The Morgan fingerprint density at radius 3 is 2.62 bits per heavy atom. The highest BCUT2D eigenvalue weighted by atomic mass is 35.5. The summed E-state index contributed by atoms with van der Waals surface area (Å²) in [4.78, 5) is 3.91. The molecule has 0 fully saturated rings. The number of anilines is 1. The largest absolute Gasteiger partial charge is 0.508 e. The molecule has 2 aromatic carbocycles. The van der Waals surface area contributed by atoms with E-state index in [-0.39, 0.29) is 5.75 Å². The molecule has 1 aromatic heterocycles. The van der Waals surface area contributed by atoms with Crippen LogP contribution in [-0.4, -0.2) is 19.9 Å². The van der Waals surface area contributed by atoms with Crippen LogP contribution in [0.5, 0.6) is 5.75 Å². The fourth-order valence-corrected chi connectivity index (χ4v) is 2.22. The molecule has 0 amide bonds. The first-order valence-corrected chi connectivity index (χ1v) is 6.77. The molecule has 0 bridgehead atoms. The number of phenols is 1. The maximum absolute atomic E-state index is 9.80. The fourth-order valence-electron chi connectivity index (χ4n) is 1.99. The molecule has 6 heteroatoms. The molecule has 0 aliphatic heterocycles. The van der Waals surface area contributed by atoms with Gasteiger partial charge in [0.1, 0.15) is 18.4 Å². The number of hydrogen-bond acceptors (Lipinski definition) is 4. The van der Waals surface area contributed by atoms with E-state index in [0.717, 1.165) is 11.4 Å². The summed E-state index contributed by atoms with van der Waals surface area (Å²) >= 11 is 6.07. The molecular formula is C15H13ClN4O. The Morgan fingerprint density at radius 1 is 1.14 bits per heavy atom. The van der Waals surface area contributed by atoms with Crippen LogP contribution in [0.25, 0.3) is 5.69 Å². The molecule has 3 aromatic rings. The van der Waals surface area contributed by atoms with Gasteiger partial charge in [-0.1, -0.05) is 17.7 Å². The van der Waals surface area contributed by atoms with Gasteiger partial charge in [0.25, 0.3) is 0 Å². The van der Waals surface area contributed by atoms with Crippen LogP contribution in [0.15, 0.2) is 55.1 Å². The van der Waals surface area contributed by atoms with Crippen LogP contribution in [0.3, 0.4) is 0 Å². The molecule has 0 saturated carbocycles. The van der Waals surface area contributed by atoms with Crippen molar-refractivity contribution >= 4 is 17.3 Å². The van der Waals surface area contributed by atoms with Gasteiger partial charge in [-0.25, -0.2) is 9.67 Å². The van der Waals surface area contributed by atoms with E-state index in [2.05, 4.69) is 15.4 Å². The van der Waals surface area contributed by atoms with E-state index in [1.165, 1.54) is 6.33 Å². The first-order valence-electron chi connectivity index (χ1n) is 6.39. The van der Waals surface area contributed by atoms with Crippen molar-refractivity contribution in [3.05, 3.63) is 65.7 Å². The minimum atomic E-state index is 0.189. The highest BCUT2D eigenvalue weighted by Crippen LogP contribution is 2.26. The van der Waals surface area contributed by atoms with Crippen molar-refractivity contribution in [2.45, 2.75) is 6.54 Å². The van der Waals surface area contributed by atoms with Crippen molar-refractivity contribution in [2.75, 3.05) is 5.32 Å². The van der Waals surface area contributed by atoms with Crippen LogP contribution in [0.2, 0.25) is 5.02 Å². The predicted molar refractivity (Wildman–Crippen MR) is 81.8 cm³/mol. The van der Waals surface area contributed by atoms with Gasteiger partial charge >= 0.3 is 0 Å². The second kappa shape index (κ2) is 5.85. The summed E-state index contributed by atoms with van der Waals surface area (Å²) in [6.45, 7) is 0.453. The first kappa shape index (κ1) is 13.5. The minimum absolute atomic E-state index is 0.189. The van der Waals surface area contributed by atoms with Gasteiger partial charge in [-0.3, -0.25) is 0 Å². The summed E-state index contributed by atoms with van der Waals surface area (Å²) in [6.07, 6.45) is 3.14. The molecule has 106 valence electrons. The molecular weight excluding hydrogens is 288 g/mol. The Kier molecular flexibility index (Phi) is 3.75. The standard InChI is InChI=1S/C15H13ClN4O/c16-14-2-1-3-15(21)13(14)8-18-11-4-6-12(7-5-11)20-10-17-9-19-20/h1-7,9-10,18,21H,8H2. The third-order valence-electron chi connectivity index (χ3n) is 3.11. The number of benzene rings is 2. The fraction of sp³-hybridized carbons (Fsp3) is 0.0667. The Labute approximate surface area is 126 Å². The van der Waals surface area contributed by atoms with Gasteiger partial charge in [-0.2, -0.15) is 5.10 Å². The van der Waals surface area contributed by atoms with Gasteiger partial charge in [-0.05, 0) is 36.4 Å². The average Bonchev–Trinajstić information content (AvgIpc) is 3.02. The quantitative estimate of drug-likeness (QED) is 0.776. The van der Waals surface area contributed by atoms with E-state index in [1.54, 1.807) is 29.2 Å². The van der Waals surface area contributed by atoms with Crippen molar-refractivity contribution < 1.29 is 5.11 Å². The summed E-state index contributed by atoms with van der Waals surface area (Å²) in [5.74, 6) is 0.189. The molecule has 0 aliphatic carbocycles. The Bertz CT molecular complexity index is 706. The van der Waals surface area contributed by atoms with Crippen LogP contribution in [0.4, 0.5) is 5.69 Å². The third kappa shape index (κ3) is 2.98. The van der Waals surface area contributed by atoms with Crippen LogP contribution >= 0.6 is 11.6 Å². The number of rotatable bonds is 4. The van der Waals surface area contributed by atoms with Gasteiger partial charge < -0.3 is 10.4 Å². The molecule has 21 heavy (non-hydrogen) atoms. The monoisotopic (exact) mass is 300 g/mol. The normalized spacial score (nSPS) is 10.5. The lowest BCUT2D eigenvalue weighted by Crippen LogP contribution is -2.01. The zero-order valence-corrected chi connectivity index (χ0v) is 11.8. The second-order valence-electron chi connectivity index (χ2n) is 4.48. The Balaban J connectivity index is 1.71. The first-order chi connectivity index (χ1) is 10.2. The van der Waals surface area contributed by atoms with Crippen molar-refractivity contribution in [3.8, 4) is 11.4 Å². The molecule has 2 N–H and O–H groups in total. The van der Waals surface area contributed by atoms with Crippen molar-refractivity contribution in [1.29, 1.82) is 0 Å². The van der Waals surface area contributed by atoms with E-state index in [4.69, 9.17) is 11.6 Å². The number of nitrogens with zero attached hydrogens (tertiary/aromatic N) is 3. The maximum Gasteiger partial charge on any atom is 0.138 e. The number of halogens is 1. The molecule has 0 unspecified atom stereocenters. The number of aromatic hydroxyl groups is 1. The number of phenolic OH excluding ortho intramolecular Hbond substituents is 1. The van der Waals surface area contributed by atoms with Gasteiger partial charge in [-0.15, -0.1) is 0 Å². The highest BCUT2D eigenvalue weighted by Gasteiger charge is 2.05. The molecule has 3 rings (SSSR count). The minimum Gasteiger partial charge on any atom is -0.508 e. The molecule has 0 atom stereocenters. The third-order valence-corrected chi connectivity index (χ3v) is 3.47. The number of hydrogen-bond donors (Lipinski definition) is 2. The Morgan fingerprint density at radius 2 is 1.95 bits per heavy atom. The SMILES string of the molecule is Oc1cccc(Cl)c1CNc1ccc(-n2cncn2)cc1. The summed E-state index contributed by atoms with van der Waals surface area (Å²) in [7, 11) is 0. The molecule has 0 aliphatic rings. The molecule has 1 heterocycles. The van der Waals surface area contributed by atoms with Crippen LogP contribution in [0, 0.1) is 0 Å². The summed E-state index contributed by atoms with van der Waals surface area (Å²) in [5.41, 5.74) is 2.54. The zero-order chi connectivity index (χ0) is 14.7. The van der Waals surface area contributed by atoms with E-state index in [0.29, 0.717) is 17.1 Å². The van der Waals surface area contributed by atoms with Crippen molar-refractivity contribution in [3.63, 3.8) is 0 Å². The van der Waals surface area contributed by atoms with Gasteiger partial charge in [0.05, 0.1) is 5.69 Å². The summed E-state index contributed by atoms with van der Waals surface area (Å²) < 4.78 is 1.68. The number of aromatic nitrogens is 3. The predicted octanol–water partition coefficient (Wildman–Crippen LogP) is 3.24. The van der Waals surface area contributed by atoms with Crippen LogP contribution in [0.1, 0.15) is 5.56 Å². The van der Waals surface area contributed by atoms with E-state index < -0.39 is 0 Å². The van der Waals surface area contributed by atoms with E-state index in [9.17, 15) is 5.11 Å². The lowest BCUT2D eigenvalue weighted by atomic mass is 10.2. The molecule has 0 radical (unpaired) electrons. The number of nitrogens with one attached hydrogen (secondary N) is 1. The maximum atomic E-state index is 9.80. The molecule has 5 nitrogen and oxygen atoms in total. The summed E-state index contributed by atoms with van der Waals surface area (Å²) in [6, 6.07) is 12.8. The average molecular weight is 301 g/mol. The van der Waals surface area contributed by atoms with E-state index >= 15 is 0 Å². The molecule has 0 spiro atoms. The van der Waals surface area contributed by atoms with Crippen molar-refractivity contribution in [2.24, 2.45) is 0 Å². The lowest BCUT2D eigenvalue weighted by Gasteiger charge is -2.10. The lowest BCUT2D eigenvalue weighted by molar-refractivity contribution is 0.469. The van der Waals surface area contributed by atoms with Gasteiger partial charge in [0.2, 0.25) is 0 Å². The smallest absolute Gasteiger partial charge is 0.138 e. The van der Waals surface area contributed by atoms with Crippen LogP contribution < -0.4 is 5.32 Å². The van der Waals surface area contributed by atoms with Crippen LogP contribution in [-0.2, 0) is 6.54 Å². The second-order valence-corrected chi connectivity index (χ2v) is 4.89. The topological polar surface area (TPSA) is 63.0 Å². The highest BCUT2D eigenvalue weighted by molar-refractivity contribution is 6.31. The van der Waals surface area contributed by atoms with Gasteiger partial charge in [0, 0.05) is 22.8 Å². The summed E-state index contributed by atoms with van der Waals surface area (Å²) in [5, 5.41) is 17.6. The van der Waals surface area contributed by atoms with E-state index in [1.807, 2.05) is 24.3 Å². The van der Waals surface area contributed by atoms with Crippen molar-refractivity contribution in [1.82, 2.24) is 14.8 Å². The molecule has 0 saturated heterocycles. The van der Waals surface area contributed by atoms with Gasteiger partial charge in [0.15, 0.2) is 0 Å². The Hall–Kier alpha value is -2.53.